The highest BCUT2D eigenvalue weighted by Gasteiger charge is 2.32. The number of halogens is 1. The molecule has 1 saturated carbocycles. The lowest BCUT2D eigenvalue weighted by molar-refractivity contribution is 0.0627. The van der Waals surface area contributed by atoms with E-state index >= 15 is 0 Å². The van der Waals surface area contributed by atoms with Gasteiger partial charge in [-0.05, 0) is 37.1 Å². The van der Waals surface area contributed by atoms with Gasteiger partial charge in [-0.25, -0.2) is 4.39 Å². The molecule has 1 saturated heterocycles. The molecule has 4 heteroatoms. The molecular weight excluding hydrogens is 231 g/mol. The molecule has 0 bridgehead atoms. The second-order valence-corrected chi connectivity index (χ2v) is 5.07. The molecule has 1 heterocycles. The molecule has 1 amide bonds. The maximum absolute atomic E-state index is 12.8. The van der Waals surface area contributed by atoms with Gasteiger partial charge in [0.25, 0.3) is 5.91 Å². The van der Waals surface area contributed by atoms with Gasteiger partial charge in [-0.15, -0.1) is 0 Å². The average Bonchev–Trinajstić information content (AvgIpc) is 3.23. The summed E-state index contributed by atoms with van der Waals surface area (Å²) in [5.41, 5.74) is 0.580. The third kappa shape index (κ3) is 2.38. The van der Waals surface area contributed by atoms with Gasteiger partial charge in [0.1, 0.15) is 5.82 Å². The quantitative estimate of drug-likeness (QED) is 0.796. The first-order valence-electron chi connectivity index (χ1n) is 6.53. The van der Waals surface area contributed by atoms with Crippen molar-refractivity contribution in [2.75, 3.05) is 26.2 Å². The molecule has 2 aliphatic rings. The van der Waals surface area contributed by atoms with Crippen LogP contribution in [0.25, 0.3) is 0 Å². The second kappa shape index (κ2) is 4.69. The number of hydrogen-bond acceptors (Lipinski definition) is 2. The Morgan fingerprint density at radius 3 is 2.22 bits per heavy atom. The van der Waals surface area contributed by atoms with Crippen molar-refractivity contribution in [1.29, 1.82) is 0 Å². The van der Waals surface area contributed by atoms with E-state index in [1.807, 2.05) is 4.90 Å². The lowest BCUT2D eigenvalue weighted by atomic mass is 10.2. The zero-order chi connectivity index (χ0) is 12.5. The number of carbonyl (C=O) groups is 1. The summed E-state index contributed by atoms with van der Waals surface area (Å²) in [5, 5.41) is 0. The first-order valence-corrected chi connectivity index (χ1v) is 6.53. The van der Waals surface area contributed by atoms with Crippen molar-refractivity contribution in [1.82, 2.24) is 9.80 Å². The molecule has 0 spiro atoms. The Hall–Kier alpha value is -1.42. The van der Waals surface area contributed by atoms with Crippen LogP contribution in [0.15, 0.2) is 24.3 Å². The van der Waals surface area contributed by atoms with Crippen molar-refractivity contribution in [2.24, 2.45) is 0 Å². The fourth-order valence-corrected chi connectivity index (χ4v) is 2.50. The maximum Gasteiger partial charge on any atom is 0.253 e. The molecule has 3 nitrogen and oxygen atoms in total. The Morgan fingerprint density at radius 2 is 1.67 bits per heavy atom. The van der Waals surface area contributed by atoms with Crippen molar-refractivity contribution in [2.45, 2.75) is 18.9 Å². The van der Waals surface area contributed by atoms with Crippen LogP contribution in [0.4, 0.5) is 4.39 Å². The molecule has 1 aromatic carbocycles. The molecule has 0 unspecified atom stereocenters. The predicted octanol–water partition coefficient (Wildman–Crippen LogP) is 1.75. The SMILES string of the molecule is O=C(c1ccc(F)cc1)N1CCN(C2CC2)CC1. The number of nitrogens with zero attached hydrogens (tertiary/aromatic N) is 2. The van der Waals surface area contributed by atoms with Gasteiger partial charge in [0.05, 0.1) is 0 Å². The third-order valence-electron chi connectivity index (χ3n) is 3.76. The van der Waals surface area contributed by atoms with Crippen LogP contribution in [-0.2, 0) is 0 Å². The molecule has 96 valence electrons. The number of rotatable bonds is 2. The van der Waals surface area contributed by atoms with Crippen LogP contribution < -0.4 is 0 Å². The number of piperazine rings is 1. The summed E-state index contributed by atoms with van der Waals surface area (Å²) in [5.74, 6) is -0.282. The average molecular weight is 248 g/mol. The topological polar surface area (TPSA) is 23.6 Å². The van der Waals surface area contributed by atoms with E-state index in [2.05, 4.69) is 4.90 Å². The normalized spacial score (nSPS) is 21.1. The van der Waals surface area contributed by atoms with Gasteiger partial charge in [-0.2, -0.15) is 0 Å². The van der Waals surface area contributed by atoms with E-state index in [-0.39, 0.29) is 11.7 Å². The molecule has 0 atom stereocenters. The molecular formula is C14H17FN2O. The monoisotopic (exact) mass is 248 g/mol. The molecule has 1 aliphatic heterocycles. The van der Waals surface area contributed by atoms with E-state index in [0.29, 0.717) is 5.56 Å². The number of benzene rings is 1. The van der Waals surface area contributed by atoms with Crippen LogP contribution >= 0.6 is 0 Å². The van der Waals surface area contributed by atoms with Gasteiger partial charge in [-0.1, -0.05) is 0 Å². The largest absolute Gasteiger partial charge is 0.336 e. The van der Waals surface area contributed by atoms with Crippen LogP contribution in [0, 0.1) is 5.82 Å². The molecule has 18 heavy (non-hydrogen) atoms. The highest BCUT2D eigenvalue weighted by atomic mass is 19.1. The Morgan fingerprint density at radius 1 is 1.06 bits per heavy atom. The second-order valence-electron chi connectivity index (χ2n) is 5.07. The van der Waals surface area contributed by atoms with E-state index in [1.165, 1.54) is 25.0 Å². The Labute approximate surface area is 106 Å². The van der Waals surface area contributed by atoms with Gasteiger partial charge in [0.15, 0.2) is 0 Å². The van der Waals surface area contributed by atoms with E-state index in [0.717, 1.165) is 32.2 Å². The van der Waals surface area contributed by atoms with E-state index < -0.39 is 0 Å². The van der Waals surface area contributed by atoms with Crippen molar-refractivity contribution in [3.8, 4) is 0 Å². The summed E-state index contributed by atoms with van der Waals surface area (Å²) < 4.78 is 12.8. The summed E-state index contributed by atoms with van der Waals surface area (Å²) in [6, 6.07) is 6.57. The molecule has 0 radical (unpaired) electrons. The molecule has 1 aliphatic carbocycles. The van der Waals surface area contributed by atoms with Gasteiger partial charge in [0, 0.05) is 37.8 Å². The van der Waals surface area contributed by atoms with Crippen LogP contribution in [0.5, 0.6) is 0 Å². The Kier molecular flexibility index (Phi) is 3.04. The summed E-state index contributed by atoms with van der Waals surface area (Å²) in [6.07, 6.45) is 2.62. The van der Waals surface area contributed by atoms with Crippen molar-refractivity contribution < 1.29 is 9.18 Å². The van der Waals surface area contributed by atoms with Gasteiger partial charge in [0.2, 0.25) is 0 Å². The van der Waals surface area contributed by atoms with Crippen molar-refractivity contribution in [3.63, 3.8) is 0 Å². The van der Waals surface area contributed by atoms with E-state index in [4.69, 9.17) is 0 Å². The van der Waals surface area contributed by atoms with Crippen molar-refractivity contribution >= 4 is 5.91 Å². The lowest BCUT2D eigenvalue weighted by Crippen LogP contribution is -2.49. The van der Waals surface area contributed by atoms with E-state index in [9.17, 15) is 9.18 Å². The maximum atomic E-state index is 12.8. The van der Waals surface area contributed by atoms with E-state index in [1.54, 1.807) is 12.1 Å². The lowest BCUT2D eigenvalue weighted by Gasteiger charge is -2.34. The minimum Gasteiger partial charge on any atom is -0.336 e. The fraction of sp³-hybridized carbons (Fsp3) is 0.500. The highest BCUT2D eigenvalue weighted by molar-refractivity contribution is 5.94. The molecule has 0 aromatic heterocycles. The first kappa shape index (κ1) is 11.7. The number of hydrogen-bond donors (Lipinski definition) is 0. The minimum atomic E-state index is -0.301. The molecule has 0 N–H and O–H groups in total. The molecule has 2 fully saturated rings. The smallest absolute Gasteiger partial charge is 0.253 e. The number of amides is 1. The van der Waals surface area contributed by atoms with Crippen LogP contribution in [0.2, 0.25) is 0 Å². The van der Waals surface area contributed by atoms with Gasteiger partial charge in [-0.3, -0.25) is 9.69 Å². The fourth-order valence-electron chi connectivity index (χ4n) is 2.50. The first-order chi connectivity index (χ1) is 8.74. The van der Waals surface area contributed by atoms with Crippen molar-refractivity contribution in [3.05, 3.63) is 35.6 Å². The highest BCUT2D eigenvalue weighted by Crippen LogP contribution is 2.27. The summed E-state index contributed by atoms with van der Waals surface area (Å²) in [6.45, 7) is 3.51. The van der Waals surface area contributed by atoms with Crippen LogP contribution in [0.1, 0.15) is 23.2 Å². The number of carbonyl (C=O) groups excluding carboxylic acids is 1. The third-order valence-corrected chi connectivity index (χ3v) is 3.76. The minimum absolute atomic E-state index is 0.0189. The molecule has 3 rings (SSSR count). The summed E-state index contributed by atoms with van der Waals surface area (Å²) in [7, 11) is 0. The van der Waals surface area contributed by atoms with Gasteiger partial charge < -0.3 is 4.90 Å². The predicted molar refractivity (Wildman–Crippen MR) is 66.9 cm³/mol. The summed E-state index contributed by atoms with van der Waals surface area (Å²) >= 11 is 0. The standard InChI is InChI=1S/C14H17FN2O/c15-12-3-1-11(2-4-12)14(18)17-9-7-16(8-10-17)13-5-6-13/h1-4,13H,5-10H2. The summed E-state index contributed by atoms with van der Waals surface area (Å²) in [4.78, 5) is 16.5. The van der Waals surface area contributed by atoms with Crippen LogP contribution in [-0.4, -0.2) is 47.9 Å². The Bertz CT molecular complexity index is 434. The Balaban J connectivity index is 1.61. The zero-order valence-electron chi connectivity index (χ0n) is 10.3. The van der Waals surface area contributed by atoms with Gasteiger partial charge >= 0.3 is 0 Å². The zero-order valence-corrected chi connectivity index (χ0v) is 10.3. The van der Waals surface area contributed by atoms with Crippen LogP contribution in [0.3, 0.4) is 0 Å². The molecule has 1 aromatic rings.